The smallest absolute Gasteiger partial charge is 0.256 e. The van der Waals surface area contributed by atoms with E-state index in [0.29, 0.717) is 11.3 Å². The lowest BCUT2D eigenvalue weighted by molar-refractivity contribution is 0.102. The van der Waals surface area contributed by atoms with Gasteiger partial charge < -0.3 is 10.6 Å². The Morgan fingerprint density at radius 2 is 1.80 bits per heavy atom. The molecule has 0 radical (unpaired) electrons. The number of hydrogen-bond acceptors (Lipinski definition) is 3. The first-order chi connectivity index (χ1) is 12.0. The molecule has 3 rings (SSSR count). The average Bonchev–Trinajstić information content (AvgIpc) is 2.61. The Morgan fingerprint density at radius 3 is 2.52 bits per heavy atom. The molecule has 0 saturated heterocycles. The number of nitrogens with zero attached hydrogens (tertiary/aromatic N) is 1. The number of nitrogens with one attached hydrogen (secondary N) is 2. The van der Waals surface area contributed by atoms with Crippen LogP contribution in [0.4, 0.5) is 17.2 Å². The number of carbonyl (C=O) groups is 1. The number of aromatic nitrogens is 1. The topological polar surface area (TPSA) is 54.0 Å². The Labute approximate surface area is 155 Å². The quantitative estimate of drug-likeness (QED) is 0.616. The number of amides is 1. The minimum absolute atomic E-state index is 0.176. The minimum atomic E-state index is -0.176. The molecule has 126 valence electrons. The first-order valence-electron chi connectivity index (χ1n) is 7.90. The number of hydrogen-bond donors (Lipinski definition) is 2. The predicted molar refractivity (Wildman–Crippen MR) is 106 cm³/mol. The molecule has 0 atom stereocenters. The molecule has 2 N–H and O–H groups in total. The fourth-order valence-corrected chi connectivity index (χ4v) is 2.87. The molecule has 0 aliphatic rings. The van der Waals surface area contributed by atoms with Gasteiger partial charge >= 0.3 is 0 Å². The van der Waals surface area contributed by atoms with Gasteiger partial charge in [-0.05, 0) is 71.2 Å². The molecule has 25 heavy (non-hydrogen) atoms. The van der Waals surface area contributed by atoms with Crippen LogP contribution in [-0.4, -0.2) is 10.9 Å². The number of halogens is 1. The van der Waals surface area contributed by atoms with Gasteiger partial charge in [-0.2, -0.15) is 0 Å². The first-order valence-corrected chi connectivity index (χ1v) is 8.69. The summed E-state index contributed by atoms with van der Waals surface area (Å²) in [7, 11) is 0. The summed E-state index contributed by atoms with van der Waals surface area (Å²) in [6.45, 7) is 4.15. The van der Waals surface area contributed by atoms with E-state index in [4.69, 9.17) is 0 Å². The van der Waals surface area contributed by atoms with E-state index in [2.05, 4.69) is 51.5 Å². The van der Waals surface area contributed by atoms with Gasteiger partial charge in [-0.15, -0.1) is 0 Å². The van der Waals surface area contributed by atoms with Crippen molar-refractivity contribution in [2.24, 2.45) is 0 Å². The van der Waals surface area contributed by atoms with Crippen LogP contribution >= 0.6 is 15.9 Å². The summed E-state index contributed by atoms with van der Waals surface area (Å²) in [5.74, 6) is 0.553. The summed E-state index contributed by atoms with van der Waals surface area (Å²) in [4.78, 5) is 16.7. The Hall–Kier alpha value is -2.66. The van der Waals surface area contributed by atoms with E-state index in [-0.39, 0.29) is 5.91 Å². The number of aryl methyl sites for hydroxylation is 1. The second-order valence-corrected chi connectivity index (χ2v) is 6.59. The molecule has 1 aromatic heterocycles. The number of rotatable bonds is 4. The predicted octanol–water partition coefficient (Wildman–Crippen LogP) is 5.46. The third-order valence-electron chi connectivity index (χ3n) is 4.01. The van der Waals surface area contributed by atoms with Crippen LogP contribution in [0.5, 0.6) is 0 Å². The van der Waals surface area contributed by atoms with Crippen LogP contribution in [0.25, 0.3) is 0 Å². The van der Waals surface area contributed by atoms with Crippen LogP contribution in [-0.2, 0) is 0 Å². The Balaban J connectivity index is 1.71. The minimum Gasteiger partial charge on any atom is -0.340 e. The summed E-state index contributed by atoms with van der Waals surface area (Å²) in [6.07, 6.45) is 1.64. The summed E-state index contributed by atoms with van der Waals surface area (Å²) in [5.41, 5.74) is 4.67. The van der Waals surface area contributed by atoms with Gasteiger partial charge in [0.05, 0.1) is 17.4 Å². The summed E-state index contributed by atoms with van der Waals surface area (Å²) in [6, 6.07) is 17.1. The van der Waals surface area contributed by atoms with Gasteiger partial charge in [-0.25, -0.2) is 4.98 Å². The highest BCUT2D eigenvalue weighted by Gasteiger charge is 2.09. The normalized spacial score (nSPS) is 10.4. The van der Waals surface area contributed by atoms with Gasteiger partial charge in [-0.1, -0.05) is 24.3 Å². The molecule has 0 unspecified atom stereocenters. The second-order valence-electron chi connectivity index (χ2n) is 5.74. The lowest BCUT2D eigenvalue weighted by atomic mass is 10.1. The highest BCUT2D eigenvalue weighted by molar-refractivity contribution is 9.10. The van der Waals surface area contributed by atoms with Crippen LogP contribution in [0.3, 0.4) is 0 Å². The molecule has 0 saturated carbocycles. The molecule has 1 amide bonds. The number of anilines is 3. The summed E-state index contributed by atoms with van der Waals surface area (Å²) in [5, 5.41) is 6.15. The molecule has 0 fully saturated rings. The zero-order chi connectivity index (χ0) is 17.8. The molecule has 1 heterocycles. The van der Waals surface area contributed by atoms with Crippen molar-refractivity contribution in [2.45, 2.75) is 13.8 Å². The zero-order valence-corrected chi connectivity index (χ0v) is 15.6. The van der Waals surface area contributed by atoms with Gasteiger partial charge in [-0.3, -0.25) is 4.79 Å². The van der Waals surface area contributed by atoms with Crippen molar-refractivity contribution in [3.8, 4) is 0 Å². The van der Waals surface area contributed by atoms with Gasteiger partial charge in [0.2, 0.25) is 0 Å². The molecule has 2 aromatic carbocycles. The van der Waals surface area contributed by atoms with Crippen LogP contribution in [0.1, 0.15) is 21.5 Å². The molecular formula is C20H18BrN3O. The lowest BCUT2D eigenvalue weighted by Gasteiger charge is -2.11. The van der Waals surface area contributed by atoms with E-state index in [1.54, 1.807) is 12.3 Å². The Morgan fingerprint density at radius 1 is 1.00 bits per heavy atom. The van der Waals surface area contributed by atoms with Crippen molar-refractivity contribution in [3.05, 3.63) is 82.0 Å². The molecule has 0 aliphatic carbocycles. The third kappa shape index (κ3) is 4.06. The van der Waals surface area contributed by atoms with Crippen molar-refractivity contribution >= 4 is 39.0 Å². The number of carbonyl (C=O) groups excluding carboxylic acids is 1. The fraction of sp³-hybridized carbons (Fsp3) is 0.100. The first kappa shape index (κ1) is 17.2. The van der Waals surface area contributed by atoms with Gasteiger partial charge in [0, 0.05) is 10.2 Å². The van der Waals surface area contributed by atoms with E-state index >= 15 is 0 Å². The number of benzene rings is 2. The van der Waals surface area contributed by atoms with Gasteiger partial charge in [0.25, 0.3) is 5.91 Å². The monoisotopic (exact) mass is 395 g/mol. The van der Waals surface area contributed by atoms with Gasteiger partial charge in [0.1, 0.15) is 5.82 Å². The Kier molecular flexibility index (Phi) is 5.14. The molecule has 0 spiro atoms. The van der Waals surface area contributed by atoms with Crippen LogP contribution in [0.2, 0.25) is 0 Å². The largest absolute Gasteiger partial charge is 0.340 e. The maximum atomic E-state index is 12.3. The van der Waals surface area contributed by atoms with Crippen LogP contribution < -0.4 is 10.6 Å². The fourth-order valence-electron chi connectivity index (χ4n) is 2.41. The van der Waals surface area contributed by atoms with Crippen molar-refractivity contribution < 1.29 is 4.79 Å². The average molecular weight is 396 g/mol. The number of pyridine rings is 1. The zero-order valence-electron chi connectivity index (χ0n) is 14.0. The van der Waals surface area contributed by atoms with Crippen molar-refractivity contribution in [3.63, 3.8) is 0 Å². The molecule has 0 bridgehead atoms. The maximum Gasteiger partial charge on any atom is 0.256 e. The van der Waals surface area contributed by atoms with E-state index < -0.39 is 0 Å². The van der Waals surface area contributed by atoms with Crippen molar-refractivity contribution in [1.29, 1.82) is 0 Å². The summed E-state index contributed by atoms with van der Waals surface area (Å²) >= 11 is 3.39. The van der Waals surface area contributed by atoms with Crippen LogP contribution in [0, 0.1) is 13.8 Å². The van der Waals surface area contributed by atoms with E-state index in [9.17, 15) is 4.79 Å². The second kappa shape index (κ2) is 7.49. The van der Waals surface area contributed by atoms with E-state index in [1.165, 1.54) is 11.1 Å². The van der Waals surface area contributed by atoms with Gasteiger partial charge in [0.15, 0.2) is 0 Å². The molecule has 4 nitrogen and oxygen atoms in total. The lowest BCUT2D eigenvalue weighted by Crippen LogP contribution is -2.12. The maximum absolute atomic E-state index is 12.3. The standard InChI is InChI=1S/C20H18BrN3O/c1-13-6-5-9-18(14(13)2)24-19-11-10-15(12-22-19)23-20(25)16-7-3-4-8-17(16)21/h3-12H,1-2H3,(H,22,24)(H,23,25). The summed E-state index contributed by atoms with van der Waals surface area (Å²) < 4.78 is 0.758. The molecular weight excluding hydrogens is 378 g/mol. The SMILES string of the molecule is Cc1cccc(Nc2ccc(NC(=O)c3ccccc3Br)cn2)c1C. The van der Waals surface area contributed by atoms with E-state index in [0.717, 1.165) is 16.0 Å². The highest BCUT2D eigenvalue weighted by atomic mass is 79.9. The molecule has 5 heteroatoms. The Bertz CT molecular complexity index is 907. The van der Waals surface area contributed by atoms with Crippen molar-refractivity contribution in [1.82, 2.24) is 4.98 Å². The van der Waals surface area contributed by atoms with Crippen LogP contribution in [0.15, 0.2) is 65.3 Å². The van der Waals surface area contributed by atoms with Crippen molar-refractivity contribution in [2.75, 3.05) is 10.6 Å². The molecule has 0 aliphatic heterocycles. The third-order valence-corrected chi connectivity index (χ3v) is 4.70. The molecule has 3 aromatic rings. The highest BCUT2D eigenvalue weighted by Crippen LogP contribution is 2.23. The van der Waals surface area contributed by atoms with E-state index in [1.807, 2.05) is 42.5 Å².